The molecular weight excluding hydrogens is 218 g/mol. The van der Waals surface area contributed by atoms with Crippen LogP contribution in [0, 0.1) is 0 Å². The number of phenols is 1. The van der Waals surface area contributed by atoms with Gasteiger partial charge in [-0.25, -0.2) is 0 Å². The molecule has 0 aliphatic rings. The van der Waals surface area contributed by atoms with Crippen molar-refractivity contribution >= 4 is 0 Å². The molecule has 4 heteroatoms. The van der Waals surface area contributed by atoms with E-state index in [1.807, 2.05) is 13.0 Å². The summed E-state index contributed by atoms with van der Waals surface area (Å²) in [6.07, 6.45) is 0. The number of ether oxygens (including phenoxy) is 1. The van der Waals surface area contributed by atoms with E-state index in [1.165, 1.54) is 0 Å². The molecule has 96 valence electrons. The molecule has 1 aromatic rings. The quantitative estimate of drug-likeness (QED) is 0.733. The van der Waals surface area contributed by atoms with Gasteiger partial charge in [-0.1, -0.05) is 6.07 Å². The van der Waals surface area contributed by atoms with Crippen LogP contribution in [0.4, 0.5) is 0 Å². The van der Waals surface area contributed by atoms with Gasteiger partial charge in [0, 0.05) is 24.2 Å². The second-order valence-corrected chi connectivity index (χ2v) is 4.84. The van der Waals surface area contributed by atoms with Gasteiger partial charge in [-0.15, -0.1) is 0 Å². The lowest BCUT2D eigenvalue weighted by Gasteiger charge is -2.22. The van der Waals surface area contributed by atoms with Gasteiger partial charge < -0.3 is 20.3 Å². The van der Waals surface area contributed by atoms with Crippen molar-refractivity contribution in [3.63, 3.8) is 0 Å². The molecule has 0 radical (unpaired) electrons. The van der Waals surface area contributed by atoms with E-state index in [-0.39, 0.29) is 11.8 Å². The molecule has 0 aromatic heterocycles. The van der Waals surface area contributed by atoms with Crippen molar-refractivity contribution in [2.24, 2.45) is 0 Å². The van der Waals surface area contributed by atoms with Crippen LogP contribution in [0.5, 0.6) is 11.5 Å². The fourth-order valence-electron chi connectivity index (χ4n) is 1.53. The summed E-state index contributed by atoms with van der Waals surface area (Å²) in [5.74, 6) is 0.820. The van der Waals surface area contributed by atoms with Crippen LogP contribution < -0.4 is 10.1 Å². The molecular formula is C13H21NO3. The normalized spacial score (nSPS) is 13.5. The predicted octanol–water partition coefficient (Wildman–Crippen LogP) is 1.82. The van der Waals surface area contributed by atoms with Crippen molar-refractivity contribution in [2.75, 3.05) is 13.7 Å². The van der Waals surface area contributed by atoms with E-state index in [1.54, 1.807) is 33.1 Å². The molecule has 0 amide bonds. The highest BCUT2D eigenvalue weighted by atomic mass is 16.5. The van der Waals surface area contributed by atoms with Crippen LogP contribution in [0.15, 0.2) is 18.2 Å². The summed E-state index contributed by atoms with van der Waals surface area (Å²) in [5.41, 5.74) is 0.0196. The first kappa shape index (κ1) is 13.8. The molecule has 4 nitrogen and oxygen atoms in total. The Morgan fingerprint density at radius 3 is 2.53 bits per heavy atom. The molecule has 1 aromatic carbocycles. The van der Waals surface area contributed by atoms with Gasteiger partial charge in [0.1, 0.15) is 11.5 Å². The SMILES string of the molecule is COc1ccc(C(C)NCC(C)(C)O)c(O)c1. The van der Waals surface area contributed by atoms with Crippen LogP contribution in [-0.4, -0.2) is 29.5 Å². The van der Waals surface area contributed by atoms with E-state index in [4.69, 9.17) is 4.74 Å². The van der Waals surface area contributed by atoms with Gasteiger partial charge in [-0.05, 0) is 26.8 Å². The highest BCUT2D eigenvalue weighted by molar-refractivity contribution is 5.41. The molecule has 0 saturated heterocycles. The third kappa shape index (κ3) is 4.24. The summed E-state index contributed by atoms with van der Waals surface area (Å²) >= 11 is 0. The van der Waals surface area contributed by atoms with Crippen LogP contribution in [0.3, 0.4) is 0 Å². The summed E-state index contributed by atoms with van der Waals surface area (Å²) < 4.78 is 5.02. The van der Waals surface area contributed by atoms with Crippen molar-refractivity contribution in [1.82, 2.24) is 5.32 Å². The van der Waals surface area contributed by atoms with Crippen LogP contribution in [-0.2, 0) is 0 Å². The topological polar surface area (TPSA) is 61.7 Å². The fourth-order valence-corrected chi connectivity index (χ4v) is 1.53. The zero-order valence-corrected chi connectivity index (χ0v) is 10.8. The van der Waals surface area contributed by atoms with Crippen molar-refractivity contribution in [3.05, 3.63) is 23.8 Å². The number of hydrogen-bond acceptors (Lipinski definition) is 4. The zero-order valence-electron chi connectivity index (χ0n) is 10.8. The van der Waals surface area contributed by atoms with Gasteiger partial charge >= 0.3 is 0 Å². The first-order valence-corrected chi connectivity index (χ1v) is 5.66. The molecule has 0 heterocycles. The number of hydrogen-bond donors (Lipinski definition) is 3. The van der Waals surface area contributed by atoms with E-state index in [2.05, 4.69) is 5.32 Å². The fraction of sp³-hybridized carbons (Fsp3) is 0.538. The Bertz CT molecular complexity index is 371. The van der Waals surface area contributed by atoms with E-state index < -0.39 is 5.60 Å². The van der Waals surface area contributed by atoms with Gasteiger partial charge in [0.15, 0.2) is 0 Å². The Labute approximate surface area is 102 Å². The van der Waals surface area contributed by atoms with E-state index >= 15 is 0 Å². The summed E-state index contributed by atoms with van der Waals surface area (Å²) in [6, 6.07) is 5.16. The maximum absolute atomic E-state index is 9.84. The highest BCUT2D eigenvalue weighted by Gasteiger charge is 2.16. The molecule has 0 aliphatic heterocycles. The maximum Gasteiger partial charge on any atom is 0.124 e. The van der Waals surface area contributed by atoms with Crippen molar-refractivity contribution in [2.45, 2.75) is 32.4 Å². The largest absolute Gasteiger partial charge is 0.507 e. The Hall–Kier alpha value is -1.26. The summed E-state index contributed by atoms with van der Waals surface area (Å²) in [7, 11) is 1.56. The van der Waals surface area contributed by atoms with Gasteiger partial charge in [-0.2, -0.15) is 0 Å². The average molecular weight is 239 g/mol. The van der Waals surface area contributed by atoms with E-state index in [9.17, 15) is 10.2 Å². The van der Waals surface area contributed by atoms with Crippen LogP contribution in [0.25, 0.3) is 0 Å². The zero-order chi connectivity index (χ0) is 13.1. The molecule has 0 spiro atoms. The number of rotatable bonds is 5. The Morgan fingerprint density at radius 2 is 2.06 bits per heavy atom. The van der Waals surface area contributed by atoms with Crippen molar-refractivity contribution < 1.29 is 14.9 Å². The highest BCUT2D eigenvalue weighted by Crippen LogP contribution is 2.28. The summed E-state index contributed by atoms with van der Waals surface area (Å²) in [4.78, 5) is 0. The number of phenolic OH excluding ortho intramolecular Hbond substituents is 1. The molecule has 0 saturated carbocycles. The summed E-state index contributed by atoms with van der Waals surface area (Å²) in [6.45, 7) is 5.87. The van der Waals surface area contributed by atoms with Gasteiger partial charge in [0.25, 0.3) is 0 Å². The smallest absolute Gasteiger partial charge is 0.124 e. The number of methoxy groups -OCH3 is 1. The standard InChI is InChI=1S/C13H21NO3/c1-9(14-8-13(2,3)16)11-6-5-10(17-4)7-12(11)15/h5-7,9,14-16H,8H2,1-4H3. The second-order valence-electron chi connectivity index (χ2n) is 4.84. The van der Waals surface area contributed by atoms with E-state index in [0.717, 1.165) is 5.56 Å². The Balaban J connectivity index is 2.72. The molecule has 1 unspecified atom stereocenters. The first-order chi connectivity index (χ1) is 7.83. The molecule has 0 aliphatic carbocycles. The number of nitrogens with one attached hydrogen (secondary N) is 1. The third-order valence-corrected chi connectivity index (χ3v) is 2.54. The third-order valence-electron chi connectivity index (χ3n) is 2.54. The number of aliphatic hydroxyl groups is 1. The second kappa shape index (κ2) is 5.38. The molecule has 1 rings (SSSR count). The maximum atomic E-state index is 9.84. The minimum absolute atomic E-state index is 0.0349. The van der Waals surface area contributed by atoms with Crippen LogP contribution >= 0.6 is 0 Å². The van der Waals surface area contributed by atoms with Gasteiger partial charge in [-0.3, -0.25) is 0 Å². The van der Waals surface area contributed by atoms with Crippen molar-refractivity contribution in [3.8, 4) is 11.5 Å². The monoisotopic (exact) mass is 239 g/mol. The lowest BCUT2D eigenvalue weighted by atomic mass is 10.1. The van der Waals surface area contributed by atoms with Gasteiger partial charge in [0.05, 0.1) is 12.7 Å². The molecule has 17 heavy (non-hydrogen) atoms. The molecule has 1 atom stereocenters. The van der Waals surface area contributed by atoms with Crippen molar-refractivity contribution in [1.29, 1.82) is 0 Å². The van der Waals surface area contributed by atoms with Crippen LogP contribution in [0.2, 0.25) is 0 Å². The summed E-state index contributed by atoms with van der Waals surface area (Å²) in [5, 5.41) is 22.6. The average Bonchev–Trinajstić information content (AvgIpc) is 2.24. The molecule has 3 N–H and O–H groups in total. The minimum Gasteiger partial charge on any atom is -0.507 e. The number of benzene rings is 1. The predicted molar refractivity (Wildman–Crippen MR) is 67.4 cm³/mol. The molecule has 0 bridgehead atoms. The first-order valence-electron chi connectivity index (χ1n) is 5.66. The van der Waals surface area contributed by atoms with Crippen LogP contribution in [0.1, 0.15) is 32.4 Å². The van der Waals surface area contributed by atoms with Gasteiger partial charge in [0.2, 0.25) is 0 Å². The lowest BCUT2D eigenvalue weighted by molar-refractivity contribution is 0.0769. The number of aromatic hydroxyl groups is 1. The lowest BCUT2D eigenvalue weighted by Crippen LogP contribution is -2.36. The Kier molecular flexibility index (Phi) is 4.37. The van der Waals surface area contributed by atoms with E-state index in [0.29, 0.717) is 12.3 Å². The minimum atomic E-state index is -0.768. The molecule has 0 fully saturated rings. The Morgan fingerprint density at radius 1 is 1.41 bits per heavy atom.